The molecule has 0 saturated heterocycles. The molecule has 0 bridgehead atoms. The SMILES string of the molecule is C1=Cc2cc(Cc3ccncc3)[nH]c2CC1. The van der Waals surface area contributed by atoms with E-state index in [2.05, 4.69) is 40.3 Å². The van der Waals surface area contributed by atoms with Crippen LogP contribution in [-0.4, -0.2) is 9.97 Å². The molecular weight excluding hydrogens is 196 g/mol. The van der Waals surface area contributed by atoms with Gasteiger partial charge in [-0.1, -0.05) is 12.2 Å². The smallest absolute Gasteiger partial charge is 0.0270 e. The van der Waals surface area contributed by atoms with E-state index in [9.17, 15) is 0 Å². The Labute approximate surface area is 95.0 Å². The van der Waals surface area contributed by atoms with Crippen LogP contribution in [0, 0.1) is 0 Å². The monoisotopic (exact) mass is 210 g/mol. The predicted molar refractivity (Wildman–Crippen MR) is 65.2 cm³/mol. The van der Waals surface area contributed by atoms with E-state index in [1.54, 1.807) is 0 Å². The molecule has 2 nitrogen and oxygen atoms in total. The highest BCUT2D eigenvalue weighted by Crippen LogP contribution is 2.21. The van der Waals surface area contributed by atoms with Crippen LogP contribution in [-0.2, 0) is 12.8 Å². The van der Waals surface area contributed by atoms with Crippen molar-refractivity contribution >= 4 is 6.08 Å². The first-order chi connectivity index (χ1) is 7.92. The van der Waals surface area contributed by atoms with Crippen LogP contribution >= 0.6 is 0 Å². The molecule has 0 aliphatic heterocycles. The second kappa shape index (κ2) is 3.97. The van der Waals surface area contributed by atoms with Crippen molar-refractivity contribution < 1.29 is 0 Å². The molecule has 2 aromatic heterocycles. The van der Waals surface area contributed by atoms with Crippen LogP contribution in [0.2, 0.25) is 0 Å². The third kappa shape index (κ3) is 1.78. The third-order valence-electron chi connectivity index (χ3n) is 2.99. The van der Waals surface area contributed by atoms with Gasteiger partial charge in [0.1, 0.15) is 0 Å². The fraction of sp³-hybridized carbons (Fsp3) is 0.214. The summed E-state index contributed by atoms with van der Waals surface area (Å²) in [6.45, 7) is 0. The molecule has 0 fully saturated rings. The highest BCUT2D eigenvalue weighted by molar-refractivity contribution is 5.56. The average molecular weight is 210 g/mol. The van der Waals surface area contributed by atoms with E-state index in [4.69, 9.17) is 0 Å². The lowest BCUT2D eigenvalue weighted by molar-refractivity contribution is 0.929. The average Bonchev–Trinajstić information content (AvgIpc) is 2.72. The Morgan fingerprint density at radius 1 is 1.25 bits per heavy atom. The standard InChI is InChI=1S/C14H14N2/c1-2-4-14-12(3-1)10-13(16-14)9-11-5-7-15-8-6-11/h1,3,5-8,10,16H,2,4,9H2. The Bertz CT molecular complexity index is 509. The summed E-state index contributed by atoms with van der Waals surface area (Å²) in [5, 5.41) is 0. The Hall–Kier alpha value is -1.83. The summed E-state index contributed by atoms with van der Waals surface area (Å²) in [5.41, 5.74) is 5.34. The maximum absolute atomic E-state index is 4.03. The molecule has 1 aliphatic carbocycles. The molecule has 0 amide bonds. The molecule has 2 heterocycles. The van der Waals surface area contributed by atoms with Gasteiger partial charge in [-0.25, -0.2) is 0 Å². The number of nitrogens with zero attached hydrogens (tertiary/aromatic N) is 1. The fourth-order valence-electron chi connectivity index (χ4n) is 2.19. The van der Waals surface area contributed by atoms with Gasteiger partial charge in [0.2, 0.25) is 0 Å². The third-order valence-corrected chi connectivity index (χ3v) is 2.99. The molecule has 3 rings (SSSR count). The number of aromatic nitrogens is 2. The topological polar surface area (TPSA) is 28.7 Å². The van der Waals surface area contributed by atoms with Crippen LogP contribution in [0.3, 0.4) is 0 Å². The number of nitrogens with one attached hydrogen (secondary N) is 1. The first-order valence-corrected chi connectivity index (χ1v) is 5.68. The molecule has 0 saturated carbocycles. The van der Waals surface area contributed by atoms with E-state index in [0.29, 0.717) is 0 Å². The van der Waals surface area contributed by atoms with Crippen molar-refractivity contribution in [3.8, 4) is 0 Å². The molecule has 80 valence electrons. The number of rotatable bonds is 2. The number of pyridine rings is 1. The summed E-state index contributed by atoms with van der Waals surface area (Å²) >= 11 is 0. The van der Waals surface area contributed by atoms with Gasteiger partial charge in [-0.15, -0.1) is 0 Å². The quantitative estimate of drug-likeness (QED) is 0.811. The van der Waals surface area contributed by atoms with Gasteiger partial charge in [-0.2, -0.15) is 0 Å². The summed E-state index contributed by atoms with van der Waals surface area (Å²) in [6, 6.07) is 6.39. The van der Waals surface area contributed by atoms with Crippen molar-refractivity contribution in [3.63, 3.8) is 0 Å². The number of aryl methyl sites for hydroxylation is 1. The van der Waals surface area contributed by atoms with Crippen LogP contribution in [0.15, 0.2) is 36.7 Å². The van der Waals surface area contributed by atoms with Crippen LogP contribution in [0.25, 0.3) is 6.08 Å². The number of hydrogen-bond donors (Lipinski definition) is 1. The first-order valence-electron chi connectivity index (χ1n) is 5.68. The van der Waals surface area contributed by atoms with Crippen molar-refractivity contribution in [1.82, 2.24) is 9.97 Å². The van der Waals surface area contributed by atoms with Gasteiger partial charge >= 0.3 is 0 Å². The first kappa shape index (κ1) is 9.40. The highest BCUT2D eigenvalue weighted by Gasteiger charge is 2.08. The molecule has 16 heavy (non-hydrogen) atoms. The normalized spacial score (nSPS) is 13.8. The molecule has 1 N–H and O–H groups in total. The fourth-order valence-corrected chi connectivity index (χ4v) is 2.19. The van der Waals surface area contributed by atoms with Crippen LogP contribution in [0.1, 0.15) is 28.9 Å². The van der Waals surface area contributed by atoms with E-state index in [-0.39, 0.29) is 0 Å². The van der Waals surface area contributed by atoms with Gasteiger partial charge in [-0.05, 0) is 42.2 Å². The lowest BCUT2D eigenvalue weighted by atomic mass is 10.1. The Morgan fingerprint density at radius 3 is 2.94 bits per heavy atom. The molecule has 0 radical (unpaired) electrons. The van der Waals surface area contributed by atoms with E-state index in [1.807, 2.05) is 12.4 Å². The maximum atomic E-state index is 4.03. The van der Waals surface area contributed by atoms with E-state index in [1.165, 1.54) is 22.5 Å². The van der Waals surface area contributed by atoms with Crippen LogP contribution < -0.4 is 0 Å². The van der Waals surface area contributed by atoms with E-state index >= 15 is 0 Å². The van der Waals surface area contributed by atoms with Gasteiger partial charge in [-0.3, -0.25) is 4.98 Å². The van der Waals surface area contributed by atoms with Crippen LogP contribution in [0.4, 0.5) is 0 Å². The number of hydrogen-bond acceptors (Lipinski definition) is 1. The summed E-state index contributed by atoms with van der Waals surface area (Å²) in [5.74, 6) is 0. The minimum atomic E-state index is 0.962. The van der Waals surface area contributed by atoms with Gasteiger partial charge in [0.25, 0.3) is 0 Å². The molecule has 2 heteroatoms. The zero-order valence-corrected chi connectivity index (χ0v) is 9.11. The van der Waals surface area contributed by atoms with Gasteiger partial charge in [0.05, 0.1) is 0 Å². The zero-order valence-electron chi connectivity index (χ0n) is 9.11. The molecule has 0 unspecified atom stereocenters. The number of H-pyrrole nitrogens is 1. The van der Waals surface area contributed by atoms with Gasteiger partial charge < -0.3 is 4.98 Å². The van der Waals surface area contributed by atoms with Crippen molar-refractivity contribution in [2.24, 2.45) is 0 Å². The lowest BCUT2D eigenvalue weighted by Gasteiger charge is -2.02. The molecule has 0 aromatic carbocycles. The Kier molecular flexibility index (Phi) is 2.33. The molecular formula is C14H14N2. The highest BCUT2D eigenvalue weighted by atomic mass is 14.7. The number of fused-ring (bicyclic) bond motifs is 1. The number of aromatic amines is 1. The van der Waals surface area contributed by atoms with Gasteiger partial charge in [0.15, 0.2) is 0 Å². The lowest BCUT2D eigenvalue weighted by Crippen LogP contribution is -1.92. The molecule has 0 spiro atoms. The Balaban J connectivity index is 1.86. The summed E-state index contributed by atoms with van der Waals surface area (Å²) < 4.78 is 0. The Morgan fingerprint density at radius 2 is 2.12 bits per heavy atom. The van der Waals surface area contributed by atoms with Crippen LogP contribution in [0.5, 0.6) is 0 Å². The summed E-state index contributed by atoms with van der Waals surface area (Å²) in [6.07, 6.45) is 11.4. The van der Waals surface area contributed by atoms with Crippen molar-refractivity contribution in [2.75, 3.05) is 0 Å². The molecule has 1 aliphatic rings. The van der Waals surface area contributed by atoms with Crippen molar-refractivity contribution in [3.05, 3.63) is 59.2 Å². The largest absolute Gasteiger partial charge is 0.361 e. The second-order valence-corrected chi connectivity index (χ2v) is 4.20. The minimum absolute atomic E-state index is 0.962. The van der Waals surface area contributed by atoms with Crippen molar-refractivity contribution in [2.45, 2.75) is 19.3 Å². The van der Waals surface area contributed by atoms with E-state index in [0.717, 1.165) is 19.3 Å². The number of allylic oxidation sites excluding steroid dienone is 1. The molecule has 0 atom stereocenters. The predicted octanol–water partition coefficient (Wildman–Crippen LogP) is 2.96. The second-order valence-electron chi connectivity index (χ2n) is 4.20. The molecule has 2 aromatic rings. The zero-order chi connectivity index (χ0) is 10.8. The summed E-state index contributed by atoms with van der Waals surface area (Å²) in [7, 11) is 0. The van der Waals surface area contributed by atoms with Crippen molar-refractivity contribution in [1.29, 1.82) is 0 Å². The van der Waals surface area contributed by atoms with E-state index < -0.39 is 0 Å². The van der Waals surface area contributed by atoms with Gasteiger partial charge in [0, 0.05) is 30.2 Å². The summed E-state index contributed by atoms with van der Waals surface area (Å²) in [4.78, 5) is 7.54. The maximum Gasteiger partial charge on any atom is 0.0270 e. The minimum Gasteiger partial charge on any atom is -0.361 e.